The summed E-state index contributed by atoms with van der Waals surface area (Å²) in [4.78, 5) is 17.4. The molecule has 106 valence electrons. The molecule has 1 aromatic heterocycles. The minimum atomic E-state index is 0.141. The van der Waals surface area contributed by atoms with Crippen LogP contribution in [0.2, 0.25) is 0 Å². The van der Waals surface area contributed by atoms with Crippen molar-refractivity contribution in [2.45, 2.75) is 32.7 Å². The maximum Gasteiger partial charge on any atom is 0.264 e. The van der Waals surface area contributed by atoms with E-state index < -0.39 is 0 Å². The lowest BCUT2D eigenvalue weighted by Gasteiger charge is -2.34. The number of piperazine rings is 1. The lowest BCUT2D eigenvalue weighted by molar-refractivity contribution is 0.0632. The molecule has 0 spiro atoms. The van der Waals surface area contributed by atoms with Crippen LogP contribution >= 0.6 is 11.3 Å². The van der Waals surface area contributed by atoms with E-state index in [9.17, 15) is 4.79 Å². The quantitative estimate of drug-likeness (QED) is 0.905. The third kappa shape index (κ3) is 3.48. The molecule has 1 amide bonds. The fourth-order valence-corrected chi connectivity index (χ4v) is 3.11. The molecule has 0 atom stereocenters. The summed E-state index contributed by atoms with van der Waals surface area (Å²) in [6.45, 7) is 7.76. The highest BCUT2D eigenvalue weighted by molar-refractivity contribution is 7.12. The van der Waals surface area contributed by atoms with Crippen LogP contribution in [0.4, 0.5) is 5.69 Å². The van der Waals surface area contributed by atoms with Gasteiger partial charge in [-0.1, -0.05) is 13.8 Å². The van der Waals surface area contributed by atoms with E-state index in [0.717, 1.165) is 37.1 Å². The van der Waals surface area contributed by atoms with Gasteiger partial charge >= 0.3 is 0 Å². The van der Waals surface area contributed by atoms with Crippen LogP contribution in [-0.2, 0) is 0 Å². The van der Waals surface area contributed by atoms with E-state index >= 15 is 0 Å². The first-order valence-electron chi connectivity index (χ1n) is 7.11. The van der Waals surface area contributed by atoms with E-state index in [1.807, 2.05) is 24.1 Å². The van der Waals surface area contributed by atoms with Crippen molar-refractivity contribution in [2.24, 2.45) is 0 Å². The van der Waals surface area contributed by atoms with Crippen molar-refractivity contribution < 1.29 is 4.79 Å². The highest BCUT2D eigenvalue weighted by Gasteiger charge is 2.32. The lowest BCUT2D eigenvalue weighted by atomic mass is 10.3. The fraction of sp³-hybridized carbons (Fsp3) is 0.643. The molecule has 2 fully saturated rings. The first kappa shape index (κ1) is 14.3. The number of hydrogen-bond acceptors (Lipinski definition) is 4. The van der Waals surface area contributed by atoms with E-state index in [1.165, 1.54) is 24.2 Å². The maximum absolute atomic E-state index is 12.2. The normalized spacial score (nSPS) is 19.8. The molecular formula is C14H23N3OS. The van der Waals surface area contributed by atoms with Gasteiger partial charge in [-0.15, -0.1) is 11.3 Å². The number of nitrogens with zero attached hydrogens (tertiary/aromatic N) is 2. The minimum absolute atomic E-state index is 0.141. The van der Waals surface area contributed by atoms with E-state index in [2.05, 4.69) is 4.90 Å². The zero-order valence-electron chi connectivity index (χ0n) is 11.8. The second-order valence-corrected chi connectivity index (χ2v) is 5.71. The number of amides is 1. The zero-order valence-corrected chi connectivity index (χ0v) is 12.6. The SMILES string of the molecule is CC.Nc1csc(C(=O)N2CCN(C3CC3)CC2)c1. The summed E-state index contributed by atoms with van der Waals surface area (Å²) in [6, 6.07) is 2.59. The molecule has 1 saturated heterocycles. The number of carbonyl (C=O) groups excluding carboxylic acids is 1. The summed E-state index contributed by atoms with van der Waals surface area (Å²) >= 11 is 1.44. The first-order valence-corrected chi connectivity index (χ1v) is 7.99. The number of thiophene rings is 1. The highest BCUT2D eigenvalue weighted by atomic mass is 32.1. The van der Waals surface area contributed by atoms with Crippen LogP contribution in [0.15, 0.2) is 11.4 Å². The maximum atomic E-state index is 12.2. The highest BCUT2D eigenvalue weighted by Crippen LogP contribution is 2.28. The number of anilines is 1. The number of carbonyl (C=O) groups is 1. The Balaban J connectivity index is 0.000000637. The minimum Gasteiger partial charge on any atom is -0.398 e. The van der Waals surface area contributed by atoms with Gasteiger partial charge in [-0.05, 0) is 18.9 Å². The predicted octanol–water partition coefficient (Wildman–Crippen LogP) is 2.28. The number of nitrogen functional groups attached to an aromatic ring is 1. The van der Waals surface area contributed by atoms with Gasteiger partial charge in [0.2, 0.25) is 0 Å². The van der Waals surface area contributed by atoms with Gasteiger partial charge in [0, 0.05) is 43.3 Å². The fourth-order valence-electron chi connectivity index (χ4n) is 2.35. The Kier molecular flexibility index (Phi) is 4.82. The van der Waals surface area contributed by atoms with Gasteiger partial charge in [0.15, 0.2) is 0 Å². The molecule has 2 aliphatic rings. The van der Waals surface area contributed by atoms with Crippen molar-refractivity contribution >= 4 is 22.9 Å². The standard InChI is InChI=1S/C12H17N3OS.C2H6/c13-9-7-11(17-8-9)12(16)15-5-3-14(4-6-15)10-1-2-10;1-2/h7-8,10H,1-6,13H2;1-2H3. The Bertz CT molecular complexity index is 420. The molecule has 1 aliphatic carbocycles. The number of hydrogen-bond donors (Lipinski definition) is 1. The van der Waals surface area contributed by atoms with Gasteiger partial charge in [0.05, 0.1) is 4.88 Å². The predicted molar refractivity (Wildman–Crippen MR) is 80.6 cm³/mol. The average molecular weight is 281 g/mol. The molecule has 2 N–H and O–H groups in total. The Morgan fingerprint density at radius 3 is 2.37 bits per heavy atom. The molecule has 0 radical (unpaired) electrons. The molecule has 1 aliphatic heterocycles. The van der Waals surface area contributed by atoms with Crippen molar-refractivity contribution in [2.75, 3.05) is 31.9 Å². The molecule has 0 unspecified atom stereocenters. The Morgan fingerprint density at radius 1 is 1.26 bits per heavy atom. The van der Waals surface area contributed by atoms with Crippen LogP contribution in [0.3, 0.4) is 0 Å². The lowest BCUT2D eigenvalue weighted by Crippen LogP contribution is -2.49. The molecule has 1 aromatic rings. The van der Waals surface area contributed by atoms with Crippen LogP contribution in [0.1, 0.15) is 36.4 Å². The molecule has 3 rings (SSSR count). The van der Waals surface area contributed by atoms with Gasteiger partial charge in [-0.3, -0.25) is 9.69 Å². The molecule has 5 heteroatoms. The molecule has 0 bridgehead atoms. The topological polar surface area (TPSA) is 49.6 Å². The molecule has 4 nitrogen and oxygen atoms in total. The molecule has 1 saturated carbocycles. The summed E-state index contributed by atoms with van der Waals surface area (Å²) in [7, 11) is 0. The third-order valence-corrected chi connectivity index (χ3v) is 4.43. The van der Waals surface area contributed by atoms with Gasteiger partial charge in [-0.25, -0.2) is 0 Å². The van der Waals surface area contributed by atoms with Gasteiger partial charge in [0.1, 0.15) is 0 Å². The van der Waals surface area contributed by atoms with Crippen LogP contribution in [0, 0.1) is 0 Å². The average Bonchev–Trinajstić information content (AvgIpc) is 3.22. The second kappa shape index (κ2) is 6.39. The molecule has 0 aromatic carbocycles. The van der Waals surface area contributed by atoms with E-state index in [-0.39, 0.29) is 5.91 Å². The van der Waals surface area contributed by atoms with Crippen molar-refractivity contribution in [1.29, 1.82) is 0 Å². The van der Waals surface area contributed by atoms with Crippen molar-refractivity contribution in [3.05, 3.63) is 16.3 Å². The summed E-state index contributed by atoms with van der Waals surface area (Å²) in [5.41, 5.74) is 6.34. The number of rotatable bonds is 2. The Labute approximate surface area is 119 Å². The third-order valence-electron chi connectivity index (χ3n) is 3.50. The smallest absolute Gasteiger partial charge is 0.264 e. The summed E-state index contributed by atoms with van der Waals surface area (Å²) < 4.78 is 0. The van der Waals surface area contributed by atoms with Gasteiger partial charge < -0.3 is 10.6 Å². The van der Waals surface area contributed by atoms with Gasteiger partial charge in [0.25, 0.3) is 5.91 Å². The molecule has 2 heterocycles. The molecule has 19 heavy (non-hydrogen) atoms. The zero-order chi connectivity index (χ0) is 13.8. The van der Waals surface area contributed by atoms with Crippen LogP contribution < -0.4 is 5.73 Å². The van der Waals surface area contributed by atoms with Crippen molar-refractivity contribution in [1.82, 2.24) is 9.80 Å². The Hall–Kier alpha value is -1.07. The molecular weight excluding hydrogens is 258 g/mol. The van der Waals surface area contributed by atoms with Crippen molar-refractivity contribution in [3.63, 3.8) is 0 Å². The van der Waals surface area contributed by atoms with Crippen LogP contribution in [-0.4, -0.2) is 47.9 Å². The van der Waals surface area contributed by atoms with E-state index in [0.29, 0.717) is 5.69 Å². The summed E-state index contributed by atoms with van der Waals surface area (Å²) in [5.74, 6) is 0.141. The number of nitrogens with two attached hydrogens (primary N) is 1. The largest absolute Gasteiger partial charge is 0.398 e. The van der Waals surface area contributed by atoms with E-state index in [1.54, 1.807) is 6.07 Å². The Morgan fingerprint density at radius 2 is 1.89 bits per heavy atom. The van der Waals surface area contributed by atoms with Gasteiger partial charge in [-0.2, -0.15) is 0 Å². The van der Waals surface area contributed by atoms with Crippen LogP contribution in [0.25, 0.3) is 0 Å². The first-order chi connectivity index (χ1) is 9.24. The summed E-state index contributed by atoms with van der Waals surface area (Å²) in [5, 5.41) is 1.83. The monoisotopic (exact) mass is 281 g/mol. The van der Waals surface area contributed by atoms with Crippen molar-refractivity contribution in [3.8, 4) is 0 Å². The second-order valence-electron chi connectivity index (χ2n) is 4.80. The summed E-state index contributed by atoms with van der Waals surface area (Å²) in [6.07, 6.45) is 2.69. The van der Waals surface area contributed by atoms with E-state index in [4.69, 9.17) is 5.73 Å². The van der Waals surface area contributed by atoms with Crippen LogP contribution in [0.5, 0.6) is 0 Å².